The highest BCUT2D eigenvalue weighted by Crippen LogP contribution is 2.46. The van der Waals surface area contributed by atoms with Gasteiger partial charge in [0, 0.05) is 49.3 Å². The molecule has 38 heavy (non-hydrogen) atoms. The fourth-order valence-electron chi connectivity index (χ4n) is 5.78. The number of nitrogens with one attached hydrogen (secondary N) is 1. The number of hydrogen-bond donors (Lipinski definition) is 2. The molecule has 0 bridgehead atoms. The number of aliphatic hydroxyl groups excluding tert-OH is 1. The lowest BCUT2D eigenvalue weighted by Gasteiger charge is -2.46. The Hall–Kier alpha value is -2.86. The Morgan fingerprint density at radius 3 is 2.58 bits per heavy atom. The van der Waals surface area contributed by atoms with Crippen molar-refractivity contribution in [3.8, 4) is 11.8 Å². The molecule has 0 spiro atoms. The van der Waals surface area contributed by atoms with Crippen LogP contribution in [0.15, 0.2) is 24.3 Å². The van der Waals surface area contributed by atoms with Gasteiger partial charge in [0.25, 0.3) is 0 Å². The van der Waals surface area contributed by atoms with Crippen LogP contribution in [-0.4, -0.2) is 59.2 Å². The van der Waals surface area contributed by atoms with Crippen LogP contribution in [-0.2, 0) is 17.8 Å². The summed E-state index contributed by atoms with van der Waals surface area (Å²) >= 11 is 0. The number of rotatable bonds is 8. The Balaban J connectivity index is 1.39. The molecule has 2 aromatic rings. The molecular weight excluding hydrogens is 478 g/mol. The molecule has 8 heteroatoms. The van der Waals surface area contributed by atoms with E-state index in [0.29, 0.717) is 50.2 Å². The first kappa shape index (κ1) is 26.7. The van der Waals surface area contributed by atoms with Gasteiger partial charge in [-0.05, 0) is 69.4 Å². The van der Waals surface area contributed by atoms with Crippen molar-refractivity contribution in [1.29, 1.82) is 5.26 Å². The van der Waals surface area contributed by atoms with Crippen molar-refractivity contribution >= 4 is 11.5 Å². The van der Waals surface area contributed by atoms with E-state index < -0.39 is 6.35 Å². The van der Waals surface area contributed by atoms with Gasteiger partial charge in [0.2, 0.25) is 0 Å². The number of benzene rings is 1. The zero-order chi connectivity index (χ0) is 27.0. The van der Waals surface area contributed by atoms with E-state index >= 15 is 0 Å². The molecule has 2 N–H and O–H groups in total. The number of aromatic nitrogens is 1. The van der Waals surface area contributed by atoms with Gasteiger partial charge in [-0.15, -0.1) is 0 Å². The number of fused-ring (bicyclic) bond motifs is 1. The third-order valence-corrected chi connectivity index (χ3v) is 8.02. The molecule has 0 radical (unpaired) electrons. The summed E-state index contributed by atoms with van der Waals surface area (Å²) in [6.45, 7) is 13.7. The molecule has 1 aromatic heterocycles. The standard InChI is InChI=1S/C30H41N5O3/c1-6-37-22-11-9-21(10-12-22)32-29(36)35-14-13-34(17-26(35)19(2)3)28-24(16-31)23-15-30(4,5)38-18-25(23)27(33-28)20-7-8-20/h9-12,19-20,26,29,32,36H,6-8,13-15,17-18H2,1-5H3/t26-,29?/m0/s1. The highest BCUT2D eigenvalue weighted by Gasteiger charge is 2.39. The lowest BCUT2D eigenvalue weighted by Crippen LogP contribution is -2.60. The van der Waals surface area contributed by atoms with Crippen LogP contribution in [0.25, 0.3) is 0 Å². The summed E-state index contributed by atoms with van der Waals surface area (Å²) in [5.41, 5.74) is 4.63. The number of ether oxygens (including phenoxy) is 2. The largest absolute Gasteiger partial charge is 0.494 e. The first-order valence-electron chi connectivity index (χ1n) is 14.0. The number of aliphatic hydroxyl groups is 1. The summed E-state index contributed by atoms with van der Waals surface area (Å²) in [5.74, 6) is 2.40. The van der Waals surface area contributed by atoms with Gasteiger partial charge in [-0.3, -0.25) is 4.90 Å². The fraction of sp³-hybridized carbons (Fsp3) is 0.600. The fourth-order valence-corrected chi connectivity index (χ4v) is 5.78. The Bertz CT molecular complexity index is 1190. The molecule has 5 rings (SSSR count). The second kappa shape index (κ2) is 10.7. The van der Waals surface area contributed by atoms with Gasteiger partial charge in [0.1, 0.15) is 17.6 Å². The number of pyridine rings is 1. The first-order valence-corrected chi connectivity index (χ1v) is 14.0. The van der Waals surface area contributed by atoms with Crippen molar-refractivity contribution in [1.82, 2.24) is 9.88 Å². The second-order valence-electron chi connectivity index (χ2n) is 11.7. The minimum Gasteiger partial charge on any atom is -0.494 e. The van der Waals surface area contributed by atoms with E-state index in [9.17, 15) is 10.4 Å². The average Bonchev–Trinajstić information content (AvgIpc) is 3.73. The number of anilines is 2. The van der Waals surface area contributed by atoms with Crippen LogP contribution in [0.2, 0.25) is 0 Å². The van der Waals surface area contributed by atoms with Gasteiger partial charge in [0.05, 0.1) is 30.1 Å². The number of nitrogens with zero attached hydrogens (tertiary/aromatic N) is 4. The molecule has 1 saturated carbocycles. The van der Waals surface area contributed by atoms with E-state index in [4.69, 9.17) is 14.5 Å². The lowest BCUT2D eigenvalue weighted by atomic mass is 9.87. The lowest BCUT2D eigenvalue weighted by molar-refractivity contribution is -0.0407. The molecular formula is C30H41N5O3. The molecule has 8 nitrogen and oxygen atoms in total. The Kier molecular flexibility index (Phi) is 7.54. The summed E-state index contributed by atoms with van der Waals surface area (Å²) in [6.07, 6.45) is 2.20. The summed E-state index contributed by atoms with van der Waals surface area (Å²) in [4.78, 5) is 9.56. The maximum atomic E-state index is 11.2. The van der Waals surface area contributed by atoms with E-state index in [1.54, 1.807) is 0 Å². The molecule has 3 heterocycles. The highest BCUT2D eigenvalue weighted by molar-refractivity contribution is 5.63. The number of hydrogen-bond acceptors (Lipinski definition) is 8. The van der Waals surface area contributed by atoms with Crippen molar-refractivity contribution in [2.45, 2.75) is 84.4 Å². The van der Waals surface area contributed by atoms with Gasteiger partial charge >= 0.3 is 0 Å². The third kappa shape index (κ3) is 5.47. The van der Waals surface area contributed by atoms with Gasteiger partial charge in [-0.25, -0.2) is 4.98 Å². The number of nitriles is 1. The highest BCUT2D eigenvalue weighted by atomic mass is 16.5. The van der Waals surface area contributed by atoms with Crippen LogP contribution in [0.3, 0.4) is 0 Å². The SMILES string of the molecule is CCOc1ccc(NC(O)N2CCN(c3nc(C4CC4)c4c(c3C#N)CC(C)(C)OC4)C[C@H]2C(C)C)cc1. The Labute approximate surface area is 226 Å². The van der Waals surface area contributed by atoms with E-state index in [-0.39, 0.29) is 11.6 Å². The predicted molar refractivity (Wildman–Crippen MR) is 148 cm³/mol. The smallest absolute Gasteiger partial charge is 0.184 e. The molecule has 0 amide bonds. The van der Waals surface area contributed by atoms with E-state index in [1.165, 1.54) is 0 Å². The molecule has 3 aliphatic rings. The van der Waals surface area contributed by atoms with Crippen molar-refractivity contribution in [3.63, 3.8) is 0 Å². The van der Waals surface area contributed by atoms with Crippen molar-refractivity contribution in [3.05, 3.63) is 46.6 Å². The van der Waals surface area contributed by atoms with Gasteiger partial charge in [0.15, 0.2) is 6.35 Å². The minimum atomic E-state index is -0.825. The van der Waals surface area contributed by atoms with Crippen LogP contribution in [0.1, 0.15) is 75.8 Å². The quantitative estimate of drug-likeness (QED) is 0.488. The van der Waals surface area contributed by atoms with Crippen LogP contribution in [0.5, 0.6) is 5.75 Å². The number of piperazine rings is 1. The Morgan fingerprint density at radius 1 is 1.21 bits per heavy atom. The zero-order valence-electron chi connectivity index (χ0n) is 23.3. The van der Waals surface area contributed by atoms with Crippen LogP contribution in [0.4, 0.5) is 11.5 Å². The summed E-state index contributed by atoms with van der Waals surface area (Å²) in [7, 11) is 0. The third-order valence-electron chi connectivity index (χ3n) is 8.02. The van der Waals surface area contributed by atoms with Gasteiger partial charge in [-0.2, -0.15) is 5.26 Å². The molecule has 1 unspecified atom stereocenters. The van der Waals surface area contributed by atoms with Crippen LogP contribution < -0.4 is 15.0 Å². The predicted octanol–water partition coefficient (Wildman–Crippen LogP) is 4.62. The van der Waals surface area contributed by atoms with Crippen LogP contribution >= 0.6 is 0 Å². The summed E-state index contributed by atoms with van der Waals surface area (Å²) < 4.78 is 11.7. The van der Waals surface area contributed by atoms with Gasteiger partial charge in [-0.1, -0.05) is 13.8 Å². The minimum absolute atomic E-state index is 0.0856. The second-order valence-corrected chi connectivity index (χ2v) is 11.7. The van der Waals surface area contributed by atoms with E-state index in [0.717, 1.165) is 53.3 Å². The van der Waals surface area contributed by atoms with Crippen molar-refractivity contribution in [2.24, 2.45) is 5.92 Å². The maximum absolute atomic E-state index is 11.2. The molecule has 2 fully saturated rings. The van der Waals surface area contributed by atoms with E-state index in [2.05, 4.69) is 48.9 Å². The van der Waals surface area contributed by atoms with Crippen LogP contribution in [0, 0.1) is 17.2 Å². The van der Waals surface area contributed by atoms with Crippen molar-refractivity contribution < 1.29 is 14.6 Å². The summed E-state index contributed by atoms with van der Waals surface area (Å²) in [5, 5.41) is 24.8. The Morgan fingerprint density at radius 2 is 1.95 bits per heavy atom. The molecule has 204 valence electrons. The van der Waals surface area contributed by atoms with Crippen molar-refractivity contribution in [2.75, 3.05) is 36.5 Å². The average molecular weight is 520 g/mol. The first-order chi connectivity index (χ1) is 18.2. The maximum Gasteiger partial charge on any atom is 0.184 e. The normalized spacial score (nSPS) is 22.1. The molecule has 2 aliphatic heterocycles. The molecule has 1 aliphatic carbocycles. The monoisotopic (exact) mass is 519 g/mol. The molecule has 2 atom stereocenters. The van der Waals surface area contributed by atoms with E-state index in [1.807, 2.05) is 31.2 Å². The zero-order valence-corrected chi connectivity index (χ0v) is 23.3. The topological polar surface area (TPSA) is 93.9 Å². The van der Waals surface area contributed by atoms with Gasteiger partial charge < -0.3 is 24.8 Å². The summed E-state index contributed by atoms with van der Waals surface area (Å²) in [6, 6.07) is 10.3. The molecule has 1 aromatic carbocycles. The molecule has 1 saturated heterocycles.